The van der Waals surface area contributed by atoms with E-state index in [1.165, 1.54) is 22.0 Å². The van der Waals surface area contributed by atoms with Crippen LogP contribution in [0.1, 0.15) is 5.69 Å². The molecule has 0 spiro atoms. The van der Waals surface area contributed by atoms with Gasteiger partial charge in [-0.05, 0) is 31.2 Å². The Morgan fingerprint density at radius 1 is 0.800 bits per heavy atom. The maximum atomic E-state index is 4.70. The molecule has 0 N–H and O–H groups in total. The van der Waals surface area contributed by atoms with Crippen molar-refractivity contribution in [1.82, 2.24) is 9.55 Å². The molecular formula is C18H14N2. The van der Waals surface area contributed by atoms with Crippen molar-refractivity contribution in [2.75, 3.05) is 0 Å². The topological polar surface area (TPSA) is 17.8 Å². The van der Waals surface area contributed by atoms with E-state index in [0.717, 1.165) is 11.2 Å². The molecule has 2 aromatic carbocycles. The lowest BCUT2D eigenvalue weighted by atomic mass is 10.1. The minimum Gasteiger partial charge on any atom is -0.316 e. The first-order chi connectivity index (χ1) is 9.84. The van der Waals surface area contributed by atoms with Gasteiger partial charge in [-0.15, -0.1) is 0 Å². The van der Waals surface area contributed by atoms with Crippen molar-refractivity contribution in [1.29, 1.82) is 0 Å². The Balaban J connectivity index is 2.19. The van der Waals surface area contributed by atoms with Crippen LogP contribution in [0.25, 0.3) is 27.5 Å². The first-order valence-electron chi connectivity index (χ1n) is 6.76. The van der Waals surface area contributed by atoms with Crippen molar-refractivity contribution < 1.29 is 0 Å². The molecular weight excluding hydrogens is 244 g/mol. The van der Waals surface area contributed by atoms with Crippen LogP contribution >= 0.6 is 0 Å². The number of pyridine rings is 1. The summed E-state index contributed by atoms with van der Waals surface area (Å²) in [4.78, 5) is 4.70. The van der Waals surface area contributed by atoms with Crippen LogP contribution in [0.15, 0.2) is 66.9 Å². The summed E-state index contributed by atoms with van der Waals surface area (Å²) in [6.07, 6.45) is 2.13. The zero-order chi connectivity index (χ0) is 13.5. The van der Waals surface area contributed by atoms with Crippen LogP contribution in [0.2, 0.25) is 0 Å². The van der Waals surface area contributed by atoms with Crippen LogP contribution < -0.4 is 0 Å². The summed E-state index contributed by atoms with van der Waals surface area (Å²) in [5.41, 5.74) is 4.54. The average Bonchev–Trinajstić information content (AvgIpc) is 2.94. The highest BCUT2D eigenvalue weighted by Gasteiger charge is 2.10. The minimum absolute atomic E-state index is 1.05. The van der Waals surface area contributed by atoms with Gasteiger partial charge in [-0.25, -0.2) is 0 Å². The van der Waals surface area contributed by atoms with Gasteiger partial charge < -0.3 is 4.57 Å². The lowest BCUT2D eigenvalue weighted by Gasteiger charge is -2.09. The molecule has 96 valence electrons. The van der Waals surface area contributed by atoms with Crippen LogP contribution in [0.4, 0.5) is 0 Å². The molecule has 2 heterocycles. The Morgan fingerprint density at radius 2 is 1.55 bits per heavy atom. The summed E-state index contributed by atoms with van der Waals surface area (Å²) in [5.74, 6) is 0. The van der Waals surface area contributed by atoms with Crippen LogP contribution in [0.5, 0.6) is 0 Å². The Kier molecular flexibility index (Phi) is 2.36. The lowest BCUT2D eigenvalue weighted by Crippen LogP contribution is -1.94. The van der Waals surface area contributed by atoms with Gasteiger partial charge in [0.2, 0.25) is 0 Å². The normalized spacial score (nSPS) is 11.2. The molecule has 0 radical (unpaired) electrons. The molecule has 2 nitrogen and oxygen atoms in total. The highest BCUT2D eigenvalue weighted by molar-refractivity contribution is 6.05. The number of hydrogen-bond acceptors (Lipinski definition) is 1. The van der Waals surface area contributed by atoms with E-state index in [1.54, 1.807) is 0 Å². The number of nitrogens with zero attached hydrogens (tertiary/aromatic N) is 2. The lowest BCUT2D eigenvalue weighted by molar-refractivity contribution is 1.13. The molecule has 2 aromatic heterocycles. The second-order valence-electron chi connectivity index (χ2n) is 5.00. The summed E-state index contributed by atoms with van der Waals surface area (Å²) in [6.45, 7) is 2.07. The van der Waals surface area contributed by atoms with E-state index in [4.69, 9.17) is 4.98 Å². The number of fused-ring (bicyclic) bond motifs is 3. The highest BCUT2D eigenvalue weighted by atomic mass is 15.0. The molecule has 0 atom stereocenters. The molecule has 20 heavy (non-hydrogen) atoms. The fraction of sp³-hybridized carbons (Fsp3) is 0.0556. The number of hydrogen-bond donors (Lipinski definition) is 0. The van der Waals surface area contributed by atoms with E-state index in [0.29, 0.717) is 0 Å². The molecule has 4 rings (SSSR count). The van der Waals surface area contributed by atoms with E-state index in [2.05, 4.69) is 66.2 Å². The first kappa shape index (κ1) is 11.2. The maximum Gasteiger partial charge on any atom is 0.0726 e. The second-order valence-corrected chi connectivity index (χ2v) is 5.00. The summed E-state index contributed by atoms with van der Waals surface area (Å²) in [6, 6.07) is 20.9. The van der Waals surface area contributed by atoms with Crippen LogP contribution in [0, 0.1) is 6.92 Å². The van der Waals surface area contributed by atoms with E-state index in [-0.39, 0.29) is 0 Å². The van der Waals surface area contributed by atoms with E-state index >= 15 is 0 Å². The van der Waals surface area contributed by atoms with Crippen LogP contribution in [-0.4, -0.2) is 9.55 Å². The summed E-state index contributed by atoms with van der Waals surface area (Å²) in [5, 5.41) is 2.41. The zero-order valence-electron chi connectivity index (χ0n) is 11.2. The number of rotatable bonds is 1. The van der Waals surface area contributed by atoms with Gasteiger partial charge in [-0.3, -0.25) is 4.98 Å². The molecule has 4 aromatic rings. The number of aryl methyl sites for hydroxylation is 1. The molecule has 2 heteroatoms. The Bertz CT molecular complexity index is 905. The fourth-order valence-electron chi connectivity index (χ4n) is 2.82. The van der Waals surface area contributed by atoms with E-state index in [9.17, 15) is 0 Å². The molecule has 0 saturated heterocycles. The van der Waals surface area contributed by atoms with Gasteiger partial charge in [0.25, 0.3) is 0 Å². The van der Waals surface area contributed by atoms with Crippen molar-refractivity contribution in [2.45, 2.75) is 6.92 Å². The van der Waals surface area contributed by atoms with Crippen molar-refractivity contribution in [3.05, 3.63) is 72.6 Å². The quantitative estimate of drug-likeness (QED) is 0.492. The molecule has 0 aliphatic rings. The number of benzene rings is 2. The van der Waals surface area contributed by atoms with E-state index in [1.807, 2.05) is 12.1 Å². The number of aromatic nitrogens is 2. The summed E-state index contributed by atoms with van der Waals surface area (Å²) >= 11 is 0. The largest absolute Gasteiger partial charge is 0.316 e. The van der Waals surface area contributed by atoms with Gasteiger partial charge in [-0.2, -0.15) is 0 Å². The predicted octanol–water partition coefficient (Wildman–Crippen LogP) is 4.49. The second kappa shape index (κ2) is 4.20. The predicted molar refractivity (Wildman–Crippen MR) is 83.3 cm³/mol. The minimum atomic E-state index is 1.05. The van der Waals surface area contributed by atoms with Gasteiger partial charge >= 0.3 is 0 Å². The van der Waals surface area contributed by atoms with Crippen molar-refractivity contribution in [3.63, 3.8) is 0 Å². The molecule has 0 amide bonds. The highest BCUT2D eigenvalue weighted by Crippen LogP contribution is 2.29. The third-order valence-corrected chi connectivity index (χ3v) is 3.76. The Hall–Kier alpha value is -2.61. The molecule has 0 aliphatic carbocycles. The van der Waals surface area contributed by atoms with Crippen LogP contribution in [0.3, 0.4) is 0 Å². The molecule has 0 fully saturated rings. The smallest absolute Gasteiger partial charge is 0.0726 e. The number of para-hydroxylation sites is 2. The Morgan fingerprint density at radius 3 is 2.40 bits per heavy atom. The monoisotopic (exact) mass is 258 g/mol. The maximum absolute atomic E-state index is 4.70. The fourth-order valence-corrected chi connectivity index (χ4v) is 2.82. The SMILES string of the molecule is Cc1nc2ccccc2c2c1ccn2-c1ccccc1. The third-order valence-electron chi connectivity index (χ3n) is 3.76. The van der Waals surface area contributed by atoms with Gasteiger partial charge in [0.15, 0.2) is 0 Å². The van der Waals surface area contributed by atoms with Gasteiger partial charge in [0.05, 0.1) is 11.0 Å². The van der Waals surface area contributed by atoms with Gasteiger partial charge in [-0.1, -0.05) is 36.4 Å². The summed E-state index contributed by atoms with van der Waals surface area (Å²) < 4.78 is 2.24. The zero-order valence-corrected chi connectivity index (χ0v) is 11.2. The first-order valence-corrected chi connectivity index (χ1v) is 6.76. The molecule has 0 aliphatic heterocycles. The molecule has 0 saturated carbocycles. The van der Waals surface area contributed by atoms with Crippen molar-refractivity contribution in [2.24, 2.45) is 0 Å². The van der Waals surface area contributed by atoms with Gasteiger partial charge in [0.1, 0.15) is 0 Å². The standard InChI is InChI=1S/C18H14N2/c1-13-15-11-12-20(14-7-3-2-4-8-14)18(15)16-9-5-6-10-17(16)19-13/h2-12H,1H3. The Labute approximate surface area is 117 Å². The van der Waals surface area contributed by atoms with Crippen molar-refractivity contribution in [3.8, 4) is 5.69 Å². The van der Waals surface area contributed by atoms with Gasteiger partial charge in [0, 0.05) is 28.4 Å². The average molecular weight is 258 g/mol. The third kappa shape index (κ3) is 1.55. The molecule has 0 bridgehead atoms. The van der Waals surface area contributed by atoms with E-state index < -0.39 is 0 Å². The molecule has 0 unspecified atom stereocenters. The van der Waals surface area contributed by atoms with Crippen molar-refractivity contribution >= 4 is 21.8 Å². The summed E-state index contributed by atoms with van der Waals surface area (Å²) in [7, 11) is 0. The van der Waals surface area contributed by atoms with Crippen LogP contribution in [-0.2, 0) is 0 Å².